The number of amides is 1. The Balaban J connectivity index is 3.13. The fourth-order valence-electron chi connectivity index (χ4n) is 0.990. The van der Waals surface area contributed by atoms with Gasteiger partial charge in [-0.15, -0.1) is 0 Å². The van der Waals surface area contributed by atoms with Gasteiger partial charge in [0.1, 0.15) is 5.82 Å². The molecular formula is C9H10N2O3. The number of rotatable bonds is 2. The van der Waals surface area contributed by atoms with Crippen LogP contribution in [0.15, 0.2) is 16.9 Å². The van der Waals surface area contributed by atoms with Gasteiger partial charge in [-0.1, -0.05) is 0 Å². The lowest BCUT2D eigenvalue weighted by molar-refractivity contribution is -0.114. The van der Waals surface area contributed by atoms with Gasteiger partial charge in [0.05, 0.1) is 5.69 Å². The molecule has 5 heteroatoms. The van der Waals surface area contributed by atoms with Crippen LogP contribution in [-0.2, 0) is 4.79 Å². The first kappa shape index (κ1) is 10.2. The predicted molar refractivity (Wildman–Crippen MR) is 51.4 cm³/mol. The Hall–Kier alpha value is -1.91. The summed E-state index contributed by atoms with van der Waals surface area (Å²) in [6.07, 6.45) is 0. The van der Waals surface area contributed by atoms with E-state index in [4.69, 9.17) is 0 Å². The number of nitrogens with one attached hydrogen (secondary N) is 2. The number of pyridine rings is 1. The van der Waals surface area contributed by atoms with Crippen LogP contribution in [0.3, 0.4) is 0 Å². The molecule has 0 aliphatic heterocycles. The molecule has 0 aliphatic carbocycles. The number of H-pyrrole nitrogens is 1. The molecule has 5 nitrogen and oxygen atoms in total. The molecule has 1 rings (SSSR count). The highest BCUT2D eigenvalue weighted by Crippen LogP contribution is 2.01. The van der Waals surface area contributed by atoms with E-state index < -0.39 is 0 Å². The summed E-state index contributed by atoms with van der Waals surface area (Å²) in [4.78, 5) is 35.3. The second-order valence-corrected chi connectivity index (χ2v) is 2.88. The molecule has 0 aromatic carbocycles. The summed E-state index contributed by atoms with van der Waals surface area (Å²) in [6, 6.07) is 2.40. The monoisotopic (exact) mass is 194 g/mol. The van der Waals surface area contributed by atoms with E-state index in [2.05, 4.69) is 10.3 Å². The topological polar surface area (TPSA) is 79.0 Å². The lowest BCUT2D eigenvalue weighted by atomic mass is 10.2. The third-order valence-electron chi connectivity index (χ3n) is 1.53. The molecule has 1 aromatic heterocycles. The van der Waals surface area contributed by atoms with Gasteiger partial charge < -0.3 is 10.3 Å². The Kier molecular flexibility index (Phi) is 2.81. The van der Waals surface area contributed by atoms with Crippen molar-refractivity contribution in [1.82, 2.24) is 4.98 Å². The standard InChI is InChI=1S/C9H10N2O3/c1-5(12)8-3-7(14)4-9(11-8)10-6(2)13/h3-4H,1-2H3,(H2,10,11,13,14). The Labute approximate surface area is 80.1 Å². The lowest BCUT2D eigenvalue weighted by Gasteiger charge is -2.03. The van der Waals surface area contributed by atoms with Crippen molar-refractivity contribution in [3.8, 4) is 0 Å². The predicted octanol–water partition coefficient (Wildman–Crippen LogP) is 0.536. The summed E-state index contributed by atoms with van der Waals surface area (Å²) < 4.78 is 0. The Morgan fingerprint density at radius 1 is 1.29 bits per heavy atom. The average Bonchev–Trinajstić information content (AvgIpc) is 2.01. The van der Waals surface area contributed by atoms with Crippen molar-refractivity contribution in [3.05, 3.63) is 28.0 Å². The molecule has 0 saturated heterocycles. The Morgan fingerprint density at radius 3 is 2.43 bits per heavy atom. The number of Topliss-reactive ketones (excluding diaryl/α,β-unsaturated/α-hetero) is 1. The van der Waals surface area contributed by atoms with Crippen molar-refractivity contribution in [2.75, 3.05) is 5.32 Å². The van der Waals surface area contributed by atoms with Crippen LogP contribution < -0.4 is 10.7 Å². The molecule has 1 aromatic rings. The van der Waals surface area contributed by atoms with Gasteiger partial charge in [0.15, 0.2) is 11.2 Å². The molecule has 2 N–H and O–H groups in total. The first-order valence-corrected chi connectivity index (χ1v) is 4.02. The van der Waals surface area contributed by atoms with E-state index >= 15 is 0 Å². The number of ketones is 1. The van der Waals surface area contributed by atoms with Gasteiger partial charge in [-0.25, -0.2) is 0 Å². The van der Waals surface area contributed by atoms with Crippen molar-refractivity contribution in [1.29, 1.82) is 0 Å². The number of carbonyl (C=O) groups is 2. The van der Waals surface area contributed by atoms with Crippen molar-refractivity contribution < 1.29 is 9.59 Å². The minimum Gasteiger partial charge on any atom is -0.339 e. The van der Waals surface area contributed by atoms with Gasteiger partial charge in [-0.2, -0.15) is 0 Å². The SMILES string of the molecule is CC(=O)Nc1cc(=O)cc(C(C)=O)[nH]1. The number of aromatic nitrogens is 1. The van der Waals surface area contributed by atoms with Crippen molar-refractivity contribution in [2.45, 2.75) is 13.8 Å². The lowest BCUT2D eigenvalue weighted by Crippen LogP contribution is -2.13. The number of hydrogen-bond donors (Lipinski definition) is 2. The van der Waals surface area contributed by atoms with Crippen LogP contribution in [0.2, 0.25) is 0 Å². The van der Waals surface area contributed by atoms with Crippen molar-refractivity contribution in [2.24, 2.45) is 0 Å². The van der Waals surface area contributed by atoms with E-state index in [9.17, 15) is 14.4 Å². The minimum atomic E-state index is -0.322. The molecule has 1 amide bonds. The second-order valence-electron chi connectivity index (χ2n) is 2.88. The summed E-state index contributed by atoms with van der Waals surface area (Å²) in [7, 11) is 0. The van der Waals surface area contributed by atoms with E-state index in [1.165, 1.54) is 26.0 Å². The summed E-state index contributed by atoms with van der Waals surface area (Å²) in [5.74, 6) is -0.328. The molecule has 0 atom stereocenters. The molecule has 1 heterocycles. The van der Waals surface area contributed by atoms with E-state index in [0.29, 0.717) is 0 Å². The molecule has 0 unspecified atom stereocenters. The number of aromatic amines is 1. The third-order valence-corrected chi connectivity index (χ3v) is 1.53. The normalized spacial score (nSPS) is 9.57. The Bertz CT molecular complexity index is 434. The average molecular weight is 194 g/mol. The number of hydrogen-bond acceptors (Lipinski definition) is 3. The van der Waals surface area contributed by atoms with Crippen LogP contribution >= 0.6 is 0 Å². The third kappa shape index (κ3) is 2.55. The molecule has 0 bridgehead atoms. The van der Waals surface area contributed by atoms with Gasteiger partial charge in [-0.05, 0) is 0 Å². The van der Waals surface area contributed by atoms with E-state index in [0.717, 1.165) is 0 Å². The van der Waals surface area contributed by atoms with E-state index in [-0.39, 0.29) is 28.6 Å². The quantitative estimate of drug-likeness (QED) is 0.674. The zero-order valence-electron chi connectivity index (χ0n) is 7.88. The molecule has 14 heavy (non-hydrogen) atoms. The van der Waals surface area contributed by atoms with Gasteiger partial charge >= 0.3 is 0 Å². The highest BCUT2D eigenvalue weighted by atomic mass is 16.1. The summed E-state index contributed by atoms with van der Waals surface area (Å²) in [6.45, 7) is 2.65. The smallest absolute Gasteiger partial charge is 0.222 e. The van der Waals surface area contributed by atoms with Crippen molar-refractivity contribution >= 4 is 17.5 Å². The van der Waals surface area contributed by atoms with Crippen LogP contribution in [0.1, 0.15) is 24.3 Å². The zero-order valence-corrected chi connectivity index (χ0v) is 7.88. The minimum absolute atomic E-state index is 0.182. The maximum atomic E-state index is 11.1. The van der Waals surface area contributed by atoms with Crippen LogP contribution in [0.5, 0.6) is 0 Å². The van der Waals surface area contributed by atoms with Gasteiger partial charge in [0.2, 0.25) is 5.91 Å². The van der Waals surface area contributed by atoms with E-state index in [1.807, 2.05) is 0 Å². The molecule has 0 spiro atoms. The van der Waals surface area contributed by atoms with Gasteiger partial charge in [0.25, 0.3) is 0 Å². The summed E-state index contributed by atoms with van der Waals surface area (Å²) in [5, 5.41) is 2.39. The summed E-state index contributed by atoms with van der Waals surface area (Å²) in [5.41, 5.74) is -0.140. The van der Waals surface area contributed by atoms with E-state index in [1.54, 1.807) is 0 Å². The first-order chi connectivity index (χ1) is 6.49. The molecule has 74 valence electrons. The maximum absolute atomic E-state index is 11.1. The number of anilines is 1. The molecule has 0 fully saturated rings. The van der Waals surface area contributed by atoms with Crippen LogP contribution in [-0.4, -0.2) is 16.7 Å². The highest BCUT2D eigenvalue weighted by Gasteiger charge is 2.03. The fraction of sp³-hybridized carbons (Fsp3) is 0.222. The molecule has 0 aliphatic rings. The number of carbonyl (C=O) groups excluding carboxylic acids is 2. The van der Waals surface area contributed by atoms with Crippen LogP contribution in [0.4, 0.5) is 5.82 Å². The first-order valence-electron chi connectivity index (χ1n) is 4.02. The van der Waals surface area contributed by atoms with Crippen molar-refractivity contribution in [3.63, 3.8) is 0 Å². The highest BCUT2D eigenvalue weighted by molar-refractivity contribution is 5.93. The zero-order chi connectivity index (χ0) is 10.7. The molecule has 0 radical (unpaired) electrons. The van der Waals surface area contributed by atoms with Gasteiger partial charge in [-0.3, -0.25) is 14.4 Å². The van der Waals surface area contributed by atoms with Gasteiger partial charge in [0, 0.05) is 26.0 Å². The fourth-order valence-corrected chi connectivity index (χ4v) is 0.990. The van der Waals surface area contributed by atoms with Crippen LogP contribution in [0, 0.1) is 0 Å². The summed E-state index contributed by atoms with van der Waals surface area (Å²) >= 11 is 0. The van der Waals surface area contributed by atoms with Crippen LogP contribution in [0.25, 0.3) is 0 Å². The molecular weight excluding hydrogens is 184 g/mol. The molecule has 0 saturated carbocycles. The largest absolute Gasteiger partial charge is 0.339 e. The maximum Gasteiger partial charge on any atom is 0.222 e. The second kappa shape index (κ2) is 3.87. The Morgan fingerprint density at radius 2 is 1.93 bits per heavy atom.